The van der Waals surface area contributed by atoms with Gasteiger partial charge in [0, 0.05) is 6.54 Å². The molecule has 0 aliphatic rings. The molecule has 17 heavy (non-hydrogen) atoms. The highest BCUT2D eigenvalue weighted by Crippen LogP contribution is 2.25. The summed E-state index contributed by atoms with van der Waals surface area (Å²) in [5.74, 6) is 0.897. The lowest BCUT2D eigenvalue weighted by Crippen LogP contribution is -2.14. The predicted molar refractivity (Wildman–Crippen MR) is 70.5 cm³/mol. The highest BCUT2D eigenvalue weighted by molar-refractivity contribution is 5.32. The summed E-state index contributed by atoms with van der Waals surface area (Å²) in [6.07, 6.45) is 0. The van der Waals surface area contributed by atoms with Crippen molar-refractivity contribution >= 4 is 0 Å². The molecule has 0 atom stereocenters. The van der Waals surface area contributed by atoms with E-state index in [1.807, 2.05) is 12.1 Å². The van der Waals surface area contributed by atoms with E-state index in [0.29, 0.717) is 26.4 Å². The summed E-state index contributed by atoms with van der Waals surface area (Å²) in [5.41, 5.74) is 6.75. The lowest BCUT2D eigenvalue weighted by atomic mass is 9.87. The summed E-state index contributed by atoms with van der Waals surface area (Å²) in [6, 6.07) is 8.20. The Labute approximate surface area is 104 Å². The Balaban J connectivity index is 2.44. The van der Waals surface area contributed by atoms with Crippen molar-refractivity contribution in [3.63, 3.8) is 0 Å². The van der Waals surface area contributed by atoms with E-state index in [1.165, 1.54) is 5.56 Å². The number of hydrogen-bond donors (Lipinski definition) is 1. The van der Waals surface area contributed by atoms with Gasteiger partial charge in [-0.05, 0) is 23.1 Å². The van der Waals surface area contributed by atoms with Gasteiger partial charge in [-0.1, -0.05) is 32.9 Å². The monoisotopic (exact) mass is 237 g/mol. The summed E-state index contributed by atoms with van der Waals surface area (Å²) in [7, 11) is 0. The van der Waals surface area contributed by atoms with Crippen LogP contribution in [0.5, 0.6) is 5.75 Å². The van der Waals surface area contributed by atoms with Crippen LogP contribution >= 0.6 is 0 Å². The van der Waals surface area contributed by atoms with Crippen molar-refractivity contribution in [3.8, 4) is 5.75 Å². The molecule has 96 valence electrons. The lowest BCUT2D eigenvalue weighted by Gasteiger charge is -2.19. The van der Waals surface area contributed by atoms with Gasteiger partial charge in [0.15, 0.2) is 0 Å². The zero-order chi connectivity index (χ0) is 12.7. The molecule has 0 aliphatic carbocycles. The third kappa shape index (κ3) is 5.20. The minimum atomic E-state index is 0.148. The van der Waals surface area contributed by atoms with Gasteiger partial charge < -0.3 is 15.2 Å². The van der Waals surface area contributed by atoms with E-state index < -0.39 is 0 Å². The average Bonchev–Trinajstić information content (AvgIpc) is 2.28. The second-order valence-electron chi connectivity index (χ2n) is 5.03. The fourth-order valence-corrected chi connectivity index (χ4v) is 1.46. The molecule has 1 aromatic rings. The number of nitrogens with two attached hydrogens (primary N) is 1. The van der Waals surface area contributed by atoms with Crippen LogP contribution in [-0.4, -0.2) is 26.4 Å². The van der Waals surface area contributed by atoms with Gasteiger partial charge in [0.2, 0.25) is 0 Å². The zero-order valence-electron chi connectivity index (χ0n) is 11.0. The van der Waals surface area contributed by atoms with E-state index in [4.69, 9.17) is 15.2 Å². The van der Waals surface area contributed by atoms with Crippen LogP contribution in [0.4, 0.5) is 0 Å². The smallest absolute Gasteiger partial charge is 0.119 e. The van der Waals surface area contributed by atoms with Gasteiger partial charge in [-0.15, -0.1) is 0 Å². The maximum absolute atomic E-state index is 5.62. The van der Waals surface area contributed by atoms with Gasteiger partial charge in [0.1, 0.15) is 12.4 Å². The van der Waals surface area contributed by atoms with Crippen LogP contribution in [0.3, 0.4) is 0 Å². The highest BCUT2D eigenvalue weighted by atomic mass is 16.5. The lowest BCUT2D eigenvalue weighted by molar-refractivity contribution is 0.106. The number of hydrogen-bond acceptors (Lipinski definition) is 3. The van der Waals surface area contributed by atoms with E-state index in [0.717, 1.165) is 5.75 Å². The first-order valence-electron chi connectivity index (χ1n) is 6.05. The molecule has 0 amide bonds. The van der Waals surface area contributed by atoms with Gasteiger partial charge in [-0.3, -0.25) is 0 Å². The normalized spacial score (nSPS) is 11.5. The second-order valence-corrected chi connectivity index (χ2v) is 5.03. The molecule has 0 aliphatic heterocycles. The summed E-state index contributed by atoms with van der Waals surface area (Å²) < 4.78 is 10.9. The van der Waals surface area contributed by atoms with Crippen LogP contribution in [-0.2, 0) is 10.2 Å². The van der Waals surface area contributed by atoms with Crippen LogP contribution in [0.1, 0.15) is 26.3 Å². The van der Waals surface area contributed by atoms with Gasteiger partial charge >= 0.3 is 0 Å². The summed E-state index contributed by atoms with van der Waals surface area (Å²) in [5, 5.41) is 0. The average molecular weight is 237 g/mol. The van der Waals surface area contributed by atoms with Gasteiger partial charge in [-0.2, -0.15) is 0 Å². The fraction of sp³-hybridized carbons (Fsp3) is 0.571. The molecule has 0 spiro atoms. The molecule has 0 unspecified atom stereocenters. The molecule has 3 heteroatoms. The first-order valence-corrected chi connectivity index (χ1v) is 6.05. The Hall–Kier alpha value is -1.06. The minimum absolute atomic E-state index is 0.148. The molecule has 3 nitrogen and oxygen atoms in total. The predicted octanol–water partition coefficient (Wildman–Crippen LogP) is 2.34. The van der Waals surface area contributed by atoms with E-state index in [2.05, 4.69) is 32.9 Å². The van der Waals surface area contributed by atoms with Crippen LogP contribution in [0.2, 0.25) is 0 Å². The number of rotatable bonds is 6. The Morgan fingerprint density at radius 2 is 1.88 bits per heavy atom. The molecule has 0 saturated carbocycles. The van der Waals surface area contributed by atoms with E-state index in [1.54, 1.807) is 0 Å². The molecule has 0 heterocycles. The minimum Gasteiger partial charge on any atom is -0.491 e. The Kier molecular flexibility index (Phi) is 5.45. The standard InChI is InChI=1S/C14H23NO2/c1-14(2,3)12-5-4-6-13(11-12)17-10-9-16-8-7-15/h4-6,11H,7-10,15H2,1-3H3. The van der Waals surface area contributed by atoms with Gasteiger partial charge in [-0.25, -0.2) is 0 Å². The van der Waals surface area contributed by atoms with E-state index in [9.17, 15) is 0 Å². The number of ether oxygens (including phenoxy) is 2. The van der Waals surface area contributed by atoms with Crippen molar-refractivity contribution in [2.75, 3.05) is 26.4 Å². The zero-order valence-corrected chi connectivity index (χ0v) is 11.0. The van der Waals surface area contributed by atoms with Crippen molar-refractivity contribution in [3.05, 3.63) is 29.8 Å². The molecule has 0 aromatic heterocycles. The maximum atomic E-state index is 5.62. The number of benzene rings is 1. The molecule has 0 fully saturated rings. The summed E-state index contributed by atoms with van der Waals surface area (Å²) in [4.78, 5) is 0. The largest absolute Gasteiger partial charge is 0.491 e. The summed E-state index contributed by atoms with van der Waals surface area (Å²) in [6.45, 7) is 8.86. The molecular formula is C14H23NO2. The molecule has 0 radical (unpaired) electrons. The fourth-order valence-electron chi connectivity index (χ4n) is 1.46. The SMILES string of the molecule is CC(C)(C)c1cccc(OCCOCCN)c1. The molecule has 0 bridgehead atoms. The first kappa shape index (κ1) is 14.0. The van der Waals surface area contributed by atoms with E-state index >= 15 is 0 Å². The van der Waals surface area contributed by atoms with Crippen molar-refractivity contribution in [2.24, 2.45) is 5.73 Å². The maximum Gasteiger partial charge on any atom is 0.119 e. The molecule has 0 saturated heterocycles. The van der Waals surface area contributed by atoms with Crippen molar-refractivity contribution in [1.82, 2.24) is 0 Å². The molecule has 1 aromatic carbocycles. The van der Waals surface area contributed by atoms with Crippen LogP contribution in [0, 0.1) is 0 Å². The van der Waals surface area contributed by atoms with Crippen molar-refractivity contribution in [1.29, 1.82) is 0 Å². The Morgan fingerprint density at radius 3 is 2.53 bits per heavy atom. The van der Waals surface area contributed by atoms with E-state index in [-0.39, 0.29) is 5.41 Å². The topological polar surface area (TPSA) is 44.5 Å². The second kappa shape index (κ2) is 6.62. The van der Waals surface area contributed by atoms with Crippen molar-refractivity contribution in [2.45, 2.75) is 26.2 Å². The highest BCUT2D eigenvalue weighted by Gasteiger charge is 2.13. The van der Waals surface area contributed by atoms with Crippen LogP contribution in [0.25, 0.3) is 0 Å². The first-order chi connectivity index (χ1) is 8.04. The molecule has 1 rings (SSSR count). The van der Waals surface area contributed by atoms with Crippen molar-refractivity contribution < 1.29 is 9.47 Å². The Morgan fingerprint density at radius 1 is 1.12 bits per heavy atom. The molecular weight excluding hydrogens is 214 g/mol. The van der Waals surface area contributed by atoms with Gasteiger partial charge in [0.05, 0.1) is 13.2 Å². The molecule has 2 N–H and O–H groups in total. The van der Waals surface area contributed by atoms with Crippen LogP contribution in [0.15, 0.2) is 24.3 Å². The quantitative estimate of drug-likeness (QED) is 0.772. The summed E-state index contributed by atoms with van der Waals surface area (Å²) >= 11 is 0. The Bertz CT molecular complexity index is 331. The van der Waals surface area contributed by atoms with Gasteiger partial charge in [0.25, 0.3) is 0 Å². The van der Waals surface area contributed by atoms with Crippen LogP contribution < -0.4 is 10.5 Å². The third-order valence-electron chi connectivity index (χ3n) is 2.46. The third-order valence-corrected chi connectivity index (χ3v) is 2.46.